The van der Waals surface area contributed by atoms with Crippen molar-refractivity contribution in [1.82, 2.24) is 15.5 Å². The molecule has 1 heterocycles. The standard InChI is InChI=1S/C20H26N4O3/c1-3-13-6-4-5-7-16(13)19(25)23-17-12-21-24-18(17)20(26)22-14-8-10-15(27-2)11-9-14/h4-7,12,14-15H,3,8-11H2,1-2H3,(H,21,24)(H,22,26)(H,23,25). The number of nitrogens with zero attached hydrogens (tertiary/aromatic N) is 1. The molecule has 1 aromatic carbocycles. The molecule has 0 bridgehead atoms. The van der Waals surface area contributed by atoms with Crippen LogP contribution in [0.4, 0.5) is 5.69 Å². The van der Waals surface area contributed by atoms with Gasteiger partial charge in [0.1, 0.15) is 5.69 Å². The maximum atomic E-state index is 12.6. The fourth-order valence-corrected chi connectivity index (χ4v) is 3.49. The SMILES string of the molecule is CCc1ccccc1C(=O)Nc1cn[nH]c1C(=O)NC1CCC(OC)CC1. The Morgan fingerprint density at radius 2 is 1.93 bits per heavy atom. The highest BCUT2D eigenvalue weighted by molar-refractivity contribution is 6.08. The van der Waals surface area contributed by atoms with E-state index in [1.807, 2.05) is 25.1 Å². The molecule has 7 heteroatoms. The van der Waals surface area contributed by atoms with Crippen LogP contribution in [0.1, 0.15) is 59.0 Å². The summed E-state index contributed by atoms with van der Waals surface area (Å²) in [5, 5.41) is 12.5. The van der Waals surface area contributed by atoms with Gasteiger partial charge in [-0.25, -0.2) is 0 Å². The molecule has 144 valence electrons. The van der Waals surface area contributed by atoms with Crippen molar-refractivity contribution >= 4 is 17.5 Å². The van der Waals surface area contributed by atoms with E-state index in [1.165, 1.54) is 6.20 Å². The molecule has 0 radical (unpaired) electrons. The van der Waals surface area contributed by atoms with E-state index in [-0.39, 0.29) is 29.7 Å². The number of aromatic amines is 1. The van der Waals surface area contributed by atoms with Crippen LogP contribution < -0.4 is 10.6 Å². The minimum absolute atomic E-state index is 0.108. The smallest absolute Gasteiger partial charge is 0.271 e. The summed E-state index contributed by atoms with van der Waals surface area (Å²) in [6, 6.07) is 7.55. The average molecular weight is 370 g/mol. The van der Waals surface area contributed by atoms with E-state index in [0.717, 1.165) is 37.7 Å². The second-order valence-corrected chi connectivity index (χ2v) is 6.81. The van der Waals surface area contributed by atoms with E-state index in [0.29, 0.717) is 11.3 Å². The third-order valence-electron chi connectivity index (χ3n) is 5.10. The quantitative estimate of drug-likeness (QED) is 0.728. The van der Waals surface area contributed by atoms with Crippen molar-refractivity contribution in [3.63, 3.8) is 0 Å². The number of H-pyrrole nitrogens is 1. The number of anilines is 1. The number of nitrogens with one attached hydrogen (secondary N) is 3. The van der Waals surface area contributed by atoms with Gasteiger partial charge in [0.05, 0.1) is 18.0 Å². The lowest BCUT2D eigenvalue weighted by Gasteiger charge is -2.28. The van der Waals surface area contributed by atoms with Gasteiger partial charge in [0.25, 0.3) is 11.8 Å². The number of rotatable bonds is 6. The van der Waals surface area contributed by atoms with Gasteiger partial charge < -0.3 is 15.4 Å². The normalized spacial score (nSPS) is 19.5. The predicted molar refractivity (Wildman–Crippen MR) is 103 cm³/mol. The number of hydrogen-bond acceptors (Lipinski definition) is 4. The van der Waals surface area contributed by atoms with Crippen LogP contribution in [0.25, 0.3) is 0 Å². The van der Waals surface area contributed by atoms with Crippen LogP contribution in [-0.2, 0) is 11.2 Å². The van der Waals surface area contributed by atoms with Crippen molar-refractivity contribution in [3.05, 3.63) is 47.3 Å². The zero-order valence-corrected chi connectivity index (χ0v) is 15.7. The maximum absolute atomic E-state index is 12.6. The van der Waals surface area contributed by atoms with Gasteiger partial charge in [0, 0.05) is 18.7 Å². The number of carbonyl (C=O) groups is 2. The molecule has 0 spiro atoms. The number of hydrogen-bond donors (Lipinski definition) is 3. The van der Waals surface area contributed by atoms with Crippen LogP contribution >= 0.6 is 0 Å². The molecule has 2 amide bonds. The second kappa shape index (κ2) is 8.81. The van der Waals surface area contributed by atoms with Gasteiger partial charge in [-0.1, -0.05) is 25.1 Å². The number of aryl methyl sites for hydroxylation is 1. The Balaban J connectivity index is 1.65. The molecule has 0 atom stereocenters. The van der Waals surface area contributed by atoms with E-state index in [2.05, 4.69) is 20.8 Å². The topological polar surface area (TPSA) is 96.1 Å². The Morgan fingerprint density at radius 1 is 1.19 bits per heavy atom. The van der Waals surface area contributed by atoms with Crippen LogP contribution in [0.15, 0.2) is 30.5 Å². The molecule has 27 heavy (non-hydrogen) atoms. The molecule has 1 saturated carbocycles. The molecule has 1 aromatic heterocycles. The second-order valence-electron chi connectivity index (χ2n) is 6.81. The van der Waals surface area contributed by atoms with Crippen molar-refractivity contribution in [1.29, 1.82) is 0 Å². The number of benzene rings is 1. The molecule has 1 aliphatic rings. The lowest BCUT2D eigenvalue weighted by molar-refractivity contribution is 0.0598. The number of carbonyl (C=O) groups excluding carboxylic acids is 2. The minimum atomic E-state index is -0.257. The van der Waals surface area contributed by atoms with Crippen molar-refractivity contribution in [2.75, 3.05) is 12.4 Å². The predicted octanol–water partition coefficient (Wildman–Crippen LogP) is 2.91. The van der Waals surface area contributed by atoms with Gasteiger partial charge in [-0.05, 0) is 43.7 Å². The first-order chi connectivity index (χ1) is 13.1. The van der Waals surface area contributed by atoms with Gasteiger partial charge in [0.15, 0.2) is 0 Å². The highest BCUT2D eigenvalue weighted by Crippen LogP contribution is 2.22. The van der Waals surface area contributed by atoms with Gasteiger partial charge in [-0.3, -0.25) is 14.7 Å². The van der Waals surface area contributed by atoms with Crippen molar-refractivity contribution in [2.24, 2.45) is 0 Å². The summed E-state index contributed by atoms with van der Waals surface area (Å²) < 4.78 is 5.36. The van der Waals surface area contributed by atoms with Crippen LogP contribution in [0.2, 0.25) is 0 Å². The first kappa shape index (κ1) is 19.1. The fraction of sp³-hybridized carbons (Fsp3) is 0.450. The van der Waals surface area contributed by atoms with Crippen molar-refractivity contribution in [3.8, 4) is 0 Å². The minimum Gasteiger partial charge on any atom is -0.381 e. The van der Waals surface area contributed by atoms with Crippen molar-refractivity contribution in [2.45, 2.75) is 51.2 Å². The summed E-state index contributed by atoms with van der Waals surface area (Å²) >= 11 is 0. The fourth-order valence-electron chi connectivity index (χ4n) is 3.49. The highest BCUT2D eigenvalue weighted by Gasteiger charge is 2.24. The molecule has 0 saturated heterocycles. The first-order valence-corrected chi connectivity index (χ1v) is 9.38. The number of ether oxygens (including phenoxy) is 1. The van der Waals surface area contributed by atoms with Crippen LogP contribution in [0, 0.1) is 0 Å². The molecule has 0 aliphatic heterocycles. The van der Waals surface area contributed by atoms with E-state index < -0.39 is 0 Å². The monoisotopic (exact) mass is 370 g/mol. The number of amides is 2. The average Bonchev–Trinajstić information content (AvgIpc) is 3.16. The van der Waals surface area contributed by atoms with Crippen LogP contribution in [0.5, 0.6) is 0 Å². The van der Waals surface area contributed by atoms with Crippen LogP contribution in [0.3, 0.4) is 0 Å². The van der Waals surface area contributed by atoms with E-state index >= 15 is 0 Å². The molecule has 7 nitrogen and oxygen atoms in total. The summed E-state index contributed by atoms with van der Waals surface area (Å²) in [6.07, 6.45) is 6.12. The Morgan fingerprint density at radius 3 is 2.63 bits per heavy atom. The van der Waals surface area contributed by atoms with Gasteiger partial charge in [-0.2, -0.15) is 5.10 Å². The highest BCUT2D eigenvalue weighted by atomic mass is 16.5. The van der Waals surface area contributed by atoms with Gasteiger partial charge in [0.2, 0.25) is 0 Å². The summed E-state index contributed by atoms with van der Waals surface area (Å²) in [7, 11) is 1.72. The van der Waals surface area contributed by atoms with Crippen molar-refractivity contribution < 1.29 is 14.3 Å². The Kier molecular flexibility index (Phi) is 6.24. The van der Waals surface area contributed by atoms with Gasteiger partial charge in [-0.15, -0.1) is 0 Å². The Bertz CT molecular complexity index is 794. The Labute approximate surface area is 158 Å². The molecule has 1 aliphatic carbocycles. The number of methoxy groups -OCH3 is 1. The molecule has 0 unspecified atom stereocenters. The number of aromatic nitrogens is 2. The third-order valence-corrected chi connectivity index (χ3v) is 5.10. The van der Waals surface area contributed by atoms with E-state index in [1.54, 1.807) is 13.2 Å². The molecule has 3 rings (SSSR count). The first-order valence-electron chi connectivity index (χ1n) is 9.38. The molecule has 3 N–H and O–H groups in total. The molecular weight excluding hydrogens is 344 g/mol. The molecular formula is C20H26N4O3. The summed E-state index contributed by atoms with van der Waals surface area (Å²) in [5.41, 5.74) is 2.21. The maximum Gasteiger partial charge on any atom is 0.271 e. The Hall–Kier alpha value is -2.67. The zero-order valence-electron chi connectivity index (χ0n) is 15.7. The van der Waals surface area contributed by atoms with E-state index in [4.69, 9.17) is 4.74 Å². The van der Waals surface area contributed by atoms with Crippen LogP contribution in [-0.4, -0.2) is 41.3 Å². The lowest BCUT2D eigenvalue weighted by Crippen LogP contribution is -2.39. The summed E-state index contributed by atoms with van der Waals surface area (Å²) in [6.45, 7) is 2.00. The van der Waals surface area contributed by atoms with E-state index in [9.17, 15) is 9.59 Å². The third kappa shape index (κ3) is 4.54. The van der Waals surface area contributed by atoms with Gasteiger partial charge >= 0.3 is 0 Å². The lowest BCUT2D eigenvalue weighted by atomic mass is 9.93. The largest absolute Gasteiger partial charge is 0.381 e. The summed E-state index contributed by atoms with van der Waals surface area (Å²) in [4.78, 5) is 25.2. The zero-order chi connectivity index (χ0) is 19.2. The summed E-state index contributed by atoms with van der Waals surface area (Å²) in [5.74, 6) is -0.504. The molecule has 1 fully saturated rings. The molecule has 2 aromatic rings.